The molecule has 7 heteroatoms. The van der Waals surface area contributed by atoms with Crippen molar-refractivity contribution in [1.82, 2.24) is 0 Å². The zero-order valence-corrected chi connectivity index (χ0v) is 11.7. The fraction of sp³-hybridized carbons (Fsp3) is 0.500. The summed E-state index contributed by atoms with van der Waals surface area (Å²) in [6.45, 7) is 1.07. The van der Waals surface area contributed by atoms with Crippen LogP contribution in [0.3, 0.4) is 0 Å². The van der Waals surface area contributed by atoms with E-state index in [9.17, 15) is 8.42 Å². The Morgan fingerprint density at radius 1 is 1.37 bits per heavy atom. The number of benzene rings is 1. The van der Waals surface area contributed by atoms with Crippen molar-refractivity contribution in [2.75, 3.05) is 38.1 Å². The lowest BCUT2D eigenvalue weighted by atomic mass is 10.2. The van der Waals surface area contributed by atoms with Crippen LogP contribution in [0.15, 0.2) is 24.3 Å². The molecule has 1 atom stereocenters. The third kappa shape index (κ3) is 4.09. The van der Waals surface area contributed by atoms with Gasteiger partial charge in [-0.25, -0.2) is 0 Å². The highest BCUT2D eigenvalue weighted by Gasteiger charge is 2.24. The Hall–Kier alpha value is -1.31. The van der Waals surface area contributed by atoms with Crippen LogP contribution in [-0.2, 0) is 19.0 Å². The first kappa shape index (κ1) is 14.1. The first-order valence-corrected chi connectivity index (χ1v) is 7.64. The second-order valence-corrected chi connectivity index (χ2v) is 5.97. The normalized spacial score (nSPS) is 19.7. The van der Waals surface area contributed by atoms with E-state index in [4.69, 9.17) is 13.7 Å². The van der Waals surface area contributed by atoms with Crippen LogP contribution in [0.4, 0.5) is 5.69 Å². The summed E-state index contributed by atoms with van der Waals surface area (Å²) in [5.41, 5.74) is 1.00. The third-order valence-corrected chi connectivity index (χ3v) is 3.36. The lowest BCUT2D eigenvalue weighted by Gasteiger charge is -2.16. The molecule has 0 bridgehead atoms. The summed E-state index contributed by atoms with van der Waals surface area (Å²) in [6, 6.07) is 7.61. The summed E-state index contributed by atoms with van der Waals surface area (Å²) in [5.74, 6) is 0.792. The standard InChI is InChI=1S/C12H17NO5S/c1-16-11-5-3-10(4-6-11)13-7-12(17-9-13)8-18-19(2,14)15/h3-6,12H,7-9H2,1-2H3/t12-/m0/s1. The molecule has 0 saturated carbocycles. The predicted molar refractivity (Wildman–Crippen MR) is 70.9 cm³/mol. The molecule has 1 saturated heterocycles. The Morgan fingerprint density at radius 2 is 2.05 bits per heavy atom. The molecule has 1 heterocycles. The lowest BCUT2D eigenvalue weighted by Crippen LogP contribution is -2.25. The molecule has 19 heavy (non-hydrogen) atoms. The van der Waals surface area contributed by atoms with Crippen LogP contribution in [0.1, 0.15) is 0 Å². The van der Waals surface area contributed by atoms with Crippen molar-refractivity contribution in [3.05, 3.63) is 24.3 Å². The zero-order chi connectivity index (χ0) is 13.9. The SMILES string of the molecule is COc1ccc(N2CO[C@H](COS(C)(=O)=O)C2)cc1. The van der Waals surface area contributed by atoms with Gasteiger partial charge in [-0.2, -0.15) is 8.42 Å². The van der Waals surface area contributed by atoms with Crippen molar-refractivity contribution in [1.29, 1.82) is 0 Å². The van der Waals surface area contributed by atoms with Crippen molar-refractivity contribution in [3.63, 3.8) is 0 Å². The molecular formula is C12H17NO5S. The molecule has 1 aliphatic rings. The number of hydrogen-bond donors (Lipinski definition) is 0. The van der Waals surface area contributed by atoms with Crippen molar-refractivity contribution >= 4 is 15.8 Å². The van der Waals surface area contributed by atoms with E-state index in [1.807, 2.05) is 29.2 Å². The molecule has 1 aromatic carbocycles. The van der Waals surface area contributed by atoms with E-state index in [-0.39, 0.29) is 12.7 Å². The monoisotopic (exact) mass is 287 g/mol. The minimum absolute atomic E-state index is 0.0471. The van der Waals surface area contributed by atoms with Gasteiger partial charge in [-0.3, -0.25) is 4.18 Å². The fourth-order valence-corrected chi connectivity index (χ4v) is 2.22. The van der Waals surface area contributed by atoms with E-state index in [1.54, 1.807) is 7.11 Å². The molecular weight excluding hydrogens is 270 g/mol. The summed E-state index contributed by atoms with van der Waals surface area (Å²) in [6.07, 6.45) is 0.792. The smallest absolute Gasteiger partial charge is 0.264 e. The Morgan fingerprint density at radius 3 is 2.63 bits per heavy atom. The fourth-order valence-electron chi connectivity index (χ4n) is 1.82. The molecule has 0 unspecified atom stereocenters. The van der Waals surface area contributed by atoms with E-state index in [1.165, 1.54) is 0 Å². The second-order valence-electron chi connectivity index (χ2n) is 4.33. The molecule has 0 N–H and O–H groups in total. The largest absolute Gasteiger partial charge is 0.497 e. The van der Waals surface area contributed by atoms with Crippen molar-refractivity contribution in [2.24, 2.45) is 0 Å². The second kappa shape index (κ2) is 5.77. The highest BCUT2D eigenvalue weighted by atomic mass is 32.2. The van der Waals surface area contributed by atoms with Gasteiger partial charge in [-0.05, 0) is 24.3 Å². The molecule has 1 aliphatic heterocycles. The quantitative estimate of drug-likeness (QED) is 0.748. The number of anilines is 1. The van der Waals surface area contributed by atoms with Crippen LogP contribution in [-0.4, -0.2) is 47.8 Å². The Bertz CT molecular complexity index is 513. The van der Waals surface area contributed by atoms with E-state index in [0.29, 0.717) is 13.3 Å². The van der Waals surface area contributed by atoms with Gasteiger partial charge in [-0.15, -0.1) is 0 Å². The molecule has 0 radical (unpaired) electrons. The number of nitrogens with zero attached hydrogens (tertiary/aromatic N) is 1. The molecule has 0 aliphatic carbocycles. The van der Waals surface area contributed by atoms with Crippen molar-refractivity contribution in [3.8, 4) is 5.75 Å². The molecule has 0 amide bonds. The Balaban J connectivity index is 1.90. The molecule has 2 rings (SSSR count). The van der Waals surface area contributed by atoms with E-state index >= 15 is 0 Å². The lowest BCUT2D eigenvalue weighted by molar-refractivity contribution is 0.0759. The molecule has 106 valence electrons. The maximum absolute atomic E-state index is 10.9. The van der Waals surface area contributed by atoms with Gasteiger partial charge in [0.1, 0.15) is 18.6 Å². The summed E-state index contributed by atoms with van der Waals surface area (Å²) in [5, 5.41) is 0. The maximum atomic E-state index is 10.9. The van der Waals surface area contributed by atoms with Crippen molar-refractivity contribution in [2.45, 2.75) is 6.10 Å². The predicted octanol–water partition coefficient (Wildman–Crippen LogP) is 0.834. The number of methoxy groups -OCH3 is 1. The average molecular weight is 287 g/mol. The van der Waals surface area contributed by atoms with Gasteiger partial charge < -0.3 is 14.4 Å². The highest BCUT2D eigenvalue weighted by Crippen LogP contribution is 2.22. The number of ether oxygens (including phenoxy) is 2. The molecule has 1 aromatic rings. The van der Waals surface area contributed by atoms with Gasteiger partial charge in [0.15, 0.2) is 0 Å². The first-order valence-electron chi connectivity index (χ1n) is 5.83. The van der Waals surface area contributed by atoms with E-state index < -0.39 is 10.1 Å². The molecule has 0 spiro atoms. The summed E-state index contributed by atoms with van der Waals surface area (Å²) in [4.78, 5) is 2.01. The molecule has 0 aromatic heterocycles. The number of hydrogen-bond acceptors (Lipinski definition) is 6. The molecule has 1 fully saturated rings. The molecule has 6 nitrogen and oxygen atoms in total. The first-order chi connectivity index (χ1) is 8.98. The van der Waals surface area contributed by atoms with Gasteiger partial charge in [0.05, 0.1) is 20.0 Å². The van der Waals surface area contributed by atoms with Gasteiger partial charge in [0.25, 0.3) is 10.1 Å². The van der Waals surface area contributed by atoms with Gasteiger partial charge in [0.2, 0.25) is 0 Å². The van der Waals surface area contributed by atoms with Crippen LogP contribution in [0.5, 0.6) is 5.75 Å². The average Bonchev–Trinajstić information content (AvgIpc) is 2.84. The highest BCUT2D eigenvalue weighted by molar-refractivity contribution is 7.85. The van der Waals surface area contributed by atoms with E-state index in [0.717, 1.165) is 17.7 Å². The Kier molecular flexibility index (Phi) is 4.28. The third-order valence-electron chi connectivity index (χ3n) is 2.80. The van der Waals surface area contributed by atoms with Crippen LogP contribution in [0, 0.1) is 0 Å². The summed E-state index contributed by atoms with van der Waals surface area (Å²) >= 11 is 0. The maximum Gasteiger partial charge on any atom is 0.264 e. The minimum atomic E-state index is -3.42. The summed E-state index contributed by atoms with van der Waals surface area (Å²) in [7, 11) is -1.80. The summed E-state index contributed by atoms with van der Waals surface area (Å²) < 4.78 is 37.1. The van der Waals surface area contributed by atoms with Crippen LogP contribution in [0.25, 0.3) is 0 Å². The Labute approximate surface area is 113 Å². The van der Waals surface area contributed by atoms with Gasteiger partial charge in [0, 0.05) is 12.2 Å². The van der Waals surface area contributed by atoms with Gasteiger partial charge >= 0.3 is 0 Å². The zero-order valence-electron chi connectivity index (χ0n) is 10.9. The topological polar surface area (TPSA) is 65.1 Å². The van der Waals surface area contributed by atoms with Crippen LogP contribution < -0.4 is 9.64 Å². The van der Waals surface area contributed by atoms with E-state index in [2.05, 4.69) is 0 Å². The van der Waals surface area contributed by atoms with Crippen LogP contribution in [0.2, 0.25) is 0 Å². The van der Waals surface area contributed by atoms with Crippen molar-refractivity contribution < 1.29 is 22.1 Å². The van der Waals surface area contributed by atoms with Gasteiger partial charge in [-0.1, -0.05) is 0 Å². The van der Waals surface area contributed by atoms with Crippen LogP contribution >= 0.6 is 0 Å². The number of rotatable bonds is 5. The minimum Gasteiger partial charge on any atom is -0.497 e.